The minimum absolute atomic E-state index is 0.622. The number of nitrogens with one attached hydrogen (secondary N) is 1. The average molecular weight is 274 g/mol. The van der Waals surface area contributed by atoms with E-state index in [2.05, 4.69) is 29.4 Å². The Kier molecular flexibility index (Phi) is 5.77. The molecule has 1 aromatic heterocycles. The molecule has 1 aromatic carbocycles. The fourth-order valence-corrected chi connectivity index (χ4v) is 2.11. The van der Waals surface area contributed by atoms with Crippen molar-refractivity contribution in [1.82, 2.24) is 10.3 Å². The van der Waals surface area contributed by atoms with Crippen LogP contribution in [-0.2, 0) is 11.3 Å². The van der Waals surface area contributed by atoms with Gasteiger partial charge >= 0.3 is 0 Å². The lowest BCUT2D eigenvalue weighted by atomic mass is 10.1. The highest BCUT2D eigenvalue weighted by Crippen LogP contribution is 2.26. The van der Waals surface area contributed by atoms with Crippen molar-refractivity contribution in [3.63, 3.8) is 0 Å². The topological polar surface area (TPSA) is 43.4 Å². The highest BCUT2D eigenvalue weighted by atomic mass is 16.5. The van der Waals surface area contributed by atoms with E-state index < -0.39 is 0 Å². The van der Waals surface area contributed by atoms with Gasteiger partial charge in [0.15, 0.2) is 0 Å². The van der Waals surface area contributed by atoms with Crippen LogP contribution in [0.15, 0.2) is 30.5 Å². The van der Waals surface area contributed by atoms with Gasteiger partial charge < -0.3 is 14.8 Å². The summed E-state index contributed by atoms with van der Waals surface area (Å²) < 4.78 is 10.8. The van der Waals surface area contributed by atoms with Crippen molar-refractivity contribution in [3.8, 4) is 5.88 Å². The number of fused-ring (bicyclic) bond motifs is 1. The van der Waals surface area contributed by atoms with Gasteiger partial charge in [0.25, 0.3) is 0 Å². The van der Waals surface area contributed by atoms with E-state index in [1.165, 1.54) is 10.9 Å². The van der Waals surface area contributed by atoms with Crippen molar-refractivity contribution in [2.75, 3.05) is 26.9 Å². The van der Waals surface area contributed by atoms with E-state index in [4.69, 9.17) is 9.47 Å². The maximum Gasteiger partial charge on any atom is 0.221 e. The van der Waals surface area contributed by atoms with Crippen LogP contribution in [0.2, 0.25) is 0 Å². The van der Waals surface area contributed by atoms with Gasteiger partial charge in [0.05, 0.1) is 6.61 Å². The van der Waals surface area contributed by atoms with Crippen LogP contribution in [0.1, 0.15) is 18.9 Å². The van der Waals surface area contributed by atoms with Crippen LogP contribution in [0.4, 0.5) is 0 Å². The van der Waals surface area contributed by atoms with Gasteiger partial charge in [-0.2, -0.15) is 0 Å². The standard InChI is InChI=1S/C16H22N2O2/c1-3-17-11-13-12-18-16(20-10-6-9-19-2)15-8-5-4-7-14(13)15/h4-5,7-8,12,17H,3,6,9-11H2,1-2H3. The first-order chi connectivity index (χ1) is 9.86. The molecule has 2 aromatic rings. The lowest BCUT2D eigenvalue weighted by Gasteiger charge is -2.11. The molecule has 1 heterocycles. The highest BCUT2D eigenvalue weighted by Gasteiger charge is 2.07. The number of aromatic nitrogens is 1. The Hall–Kier alpha value is -1.65. The molecule has 0 unspecified atom stereocenters. The molecule has 0 aliphatic rings. The Bertz CT molecular complexity index is 543. The molecule has 0 spiro atoms. The van der Waals surface area contributed by atoms with E-state index in [1.54, 1.807) is 7.11 Å². The number of hydrogen-bond donors (Lipinski definition) is 1. The molecule has 0 bridgehead atoms. The fraction of sp³-hybridized carbons (Fsp3) is 0.438. The van der Waals surface area contributed by atoms with Gasteiger partial charge in [0.2, 0.25) is 5.88 Å². The van der Waals surface area contributed by atoms with Crippen LogP contribution >= 0.6 is 0 Å². The molecule has 0 aliphatic heterocycles. The number of hydrogen-bond acceptors (Lipinski definition) is 4. The molecule has 0 saturated heterocycles. The molecule has 20 heavy (non-hydrogen) atoms. The largest absolute Gasteiger partial charge is 0.477 e. The molecule has 0 aliphatic carbocycles. The molecule has 2 rings (SSSR count). The first-order valence-electron chi connectivity index (χ1n) is 7.06. The van der Waals surface area contributed by atoms with Gasteiger partial charge in [-0.05, 0) is 23.6 Å². The van der Waals surface area contributed by atoms with E-state index in [0.717, 1.165) is 24.9 Å². The second-order valence-electron chi connectivity index (χ2n) is 4.61. The van der Waals surface area contributed by atoms with Crippen LogP contribution in [0.5, 0.6) is 5.88 Å². The zero-order chi connectivity index (χ0) is 14.2. The van der Waals surface area contributed by atoms with Gasteiger partial charge in [-0.15, -0.1) is 0 Å². The van der Waals surface area contributed by atoms with E-state index >= 15 is 0 Å². The third kappa shape index (κ3) is 3.68. The third-order valence-electron chi connectivity index (χ3n) is 3.14. The number of benzene rings is 1. The van der Waals surface area contributed by atoms with Crippen LogP contribution in [-0.4, -0.2) is 31.9 Å². The first kappa shape index (κ1) is 14.8. The number of ether oxygens (including phenoxy) is 2. The number of nitrogens with zero attached hydrogens (tertiary/aromatic N) is 1. The zero-order valence-corrected chi connectivity index (χ0v) is 12.2. The van der Waals surface area contributed by atoms with Gasteiger partial charge in [0.1, 0.15) is 0 Å². The van der Waals surface area contributed by atoms with Crippen molar-refractivity contribution in [2.45, 2.75) is 19.9 Å². The molecule has 4 nitrogen and oxygen atoms in total. The lowest BCUT2D eigenvalue weighted by molar-refractivity contribution is 0.171. The molecule has 0 amide bonds. The van der Waals surface area contributed by atoms with E-state index in [0.29, 0.717) is 19.1 Å². The molecule has 0 saturated carbocycles. The van der Waals surface area contributed by atoms with Gasteiger partial charge in [-0.1, -0.05) is 25.1 Å². The quantitative estimate of drug-likeness (QED) is 0.752. The molecule has 0 atom stereocenters. The second kappa shape index (κ2) is 7.82. The van der Waals surface area contributed by atoms with Crippen molar-refractivity contribution in [1.29, 1.82) is 0 Å². The molecular formula is C16H22N2O2. The highest BCUT2D eigenvalue weighted by molar-refractivity contribution is 5.89. The van der Waals surface area contributed by atoms with E-state index in [1.807, 2.05) is 18.3 Å². The SMILES string of the molecule is CCNCc1cnc(OCCCOC)c2ccccc12. The molecule has 0 radical (unpaired) electrons. The summed E-state index contributed by atoms with van der Waals surface area (Å²) in [5.74, 6) is 0.706. The number of rotatable bonds is 8. The number of pyridine rings is 1. The fourth-order valence-electron chi connectivity index (χ4n) is 2.11. The molecule has 4 heteroatoms. The van der Waals surface area contributed by atoms with Gasteiger partial charge in [-0.25, -0.2) is 4.98 Å². The maximum atomic E-state index is 5.77. The minimum atomic E-state index is 0.622. The third-order valence-corrected chi connectivity index (χ3v) is 3.14. The Morgan fingerprint density at radius 1 is 1.15 bits per heavy atom. The van der Waals surface area contributed by atoms with Crippen molar-refractivity contribution >= 4 is 10.8 Å². The Morgan fingerprint density at radius 3 is 2.70 bits per heavy atom. The zero-order valence-electron chi connectivity index (χ0n) is 12.2. The average Bonchev–Trinajstić information content (AvgIpc) is 2.50. The van der Waals surface area contributed by atoms with Crippen LogP contribution in [0.3, 0.4) is 0 Å². The summed E-state index contributed by atoms with van der Waals surface area (Å²) in [4.78, 5) is 4.45. The Balaban J connectivity index is 2.19. The van der Waals surface area contributed by atoms with Crippen molar-refractivity contribution in [3.05, 3.63) is 36.0 Å². The van der Waals surface area contributed by atoms with E-state index in [-0.39, 0.29) is 0 Å². The van der Waals surface area contributed by atoms with Crippen molar-refractivity contribution < 1.29 is 9.47 Å². The van der Waals surface area contributed by atoms with Crippen LogP contribution in [0, 0.1) is 0 Å². The lowest BCUT2D eigenvalue weighted by Crippen LogP contribution is -2.12. The Labute approximate surface area is 120 Å². The summed E-state index contributed by atoms with van der Waals surface area (Å²) in [5, 5.41) is 5.61. The summed E-state index contributed by atoms with van der Waals surface area (Å²) in [6.07, 6.45) is 2.77. The van der Waals surface area contributed by atoms with Gasteiger partial charge in [-0.3, -0.25) is 0 Å². The summed E-state index contributed by atoms with van der Waals surface area (Å²) in [6, 6.07) is 8.24. The monoisotopic (exact) mass is 274 g/mol. The molecule has 0 fully saturated rings. The maximum absolute atomic E-state index is 5.77. The normalized spacial score (nSPS) is 10.9. The smallest absolute Gasteiger partial charge is 0.221 e. The van der Waals surface area contributed by atoms with Crippen LogP contribution < -0.4 is 10.1 Å². The van der Waals surface area contributed by atoms with E-state index in [9.17, 15) is 0 Å². The van der Waals surface area contributed by atoms with Gasteiger partial charge in [0, 0.05) is 38.3 Å². The number of methoxy groups -OCH3 is 1. The van der Waals surface area contributed by atoms with Crippen LogP contribution in [0.25, 0.3) is 10.8 Å². The summed E-state index contributed by atoms with van der Waals surface area (Å²) in [7, 11) is 1.70. The second-order valence-corrected chi connectivity index (χ2v) is 4.61. The Morgan fingerprint density at radius 2 is 1.95 bits per heavy atom. The first-order valence-corrected chi connectivity index (χ1v) is 7.06. The summed E-state index contributed by atoms with van der Waals surface area (Å²) in [5.41, 5.74) is 1.20. The summed E-state index contributed by atoms with van der Waals surface area (Å²) in [6.45, 7) is 5.20. The van der Waals surface area contributed by atoms with Crippen molar-refractivity contribution in [2.24, 2.45) is 0 Å². The molecule has 108 valence electrons. The predicted octanol–water partition coefficient (Wildman–Crippen LogP) is 2.76. The predicted molar refractivity (Wildman–Crippen MR) is 81.1 cm³/mol. The summed E-state index contributed by atoms with van der Waals surface area (Å²) >= 11 is 0. The molecular weight excluding hydrogens is 252 g/mol. The molecule has 1 N–H and O–H groups in total. The minimum Gasteiger partial charge on any atom is -0.477 e.